The van der Waals surface area contributed by atoms with Gasteiger partial charge in [0, 0.05) is 34.8 Å². The maximum absolute atomic E-state index is 12.6. The van der Waals surface area contributed by atoms with Crippen LogP contribution in [-0.2, 0) is 0 Å². The fraction of sp³-hybridized carbons (Fsp3) is 0.308. The SMILES string of the molecule is CCCN1c2cc(Cl)c(/C=N\NC(=O)c3cc4cc([N+](=O)[O-])cc(OC)c4o3)cc2C(C)=CC1(C)C. The minimum absolute atomic E-state index is 0.0614. The Kier molecular flexibility index (Phi) is 6.77. The lowest BCUT2D eigenvalue weighted by molar-refractivity contribution is -0.384. The van der Waals surface area contributed by atoms with Crippen molar-refractivity contribution in [3.05, 3.63) is 68.4 Å². The Bertz CT molecular complexity index is 1420. The summed E-state index contributed by atoms with van der Waals surface area (Å²) in [6.45, 7) is 9.47. The minimum atomic E-state index is -0.617. The number of nitrogens with zero attached hydrogens (tertiary/aromatic N) is 3. The molecule has 1 amide bonds. The summed E-state index contributed by atoms with van der Waals surface area (Å²) >= 11 is 6.59. The number of halogens is 1. The molecule has 0 saturated carbocycles. The highest BCUT2D eigenvalue weighted by Crippen LogP contribution is 2.41. The van der Waals surface area contributed by atoms with Gasteiger partial charge in [-0.3, -0.25) is 14.9 Å². The van der Waals surface area contributed by atoms with Crippen LogP contribution in [0, 0.1) is 10.1 Å². The number of furan rings is 1. The second kappa shape index (κ2) is 9.66. The van der Waals surface area contributed by atoms with Crippen molar-refractivity contribution < 1.29 is 18.9 Å². The third kappa shape index (κ3) is 4.66. The molecule has 9 nitrogen and oxygen atoms in total. The van der Waals surface area contributed by atoms with Gasteiger partial charge in [-0.2, -0.15) is 5.10 Å². The van der Waals surface area contributed by atoms with Gasteiger partial charge in [0.15, 0.2) is 17.1 Å². The van der Waals surface area contributed by atoms with Crippen molar-refractivity contribution in [1.29, 1.82) is 0 Å². The monoisotopic (exact) mass is 510 g/mol. The quantitative estimate of drug-likeness (QED) is 0.231. The van der Waals surface area contributed by atoms with Crippen molar-refractivity contribution in [3.63, 3.8) is 0 Å². The molecule has 0 unspecified atom stereocenters. The molecule has 0 spiro atoms. The number of anilines is 1. The predicted octanol–water partition coefficient (Wildman–Crippen LogP) is 6.18. The molecule has 0 bridgehead atoms. The molecule has 10 heteroatoms. The number of nitro groups is 1. The number of fused-ring (bicyclic) bond motifs is 2. The molecule has 4 rings (SSSR count). The fourth-order valence-electron chi connectivity index (χ4n) is 4.54. The Morgan fingerprint density at radius 1 is 1.31 bits per heavy atom. The molecule has 1 N–H and O–H groups in total. The number of non-ortho nitro benzene ring substituents is 1. The molecule has 0 saturated heterocycles. The number of nitro benzene ring substituents is 1. The summed E-state index contributed by atoms with van der Waals surface area (Å²) in [6.07, 6.45) is 4.72. The van der Waals surface area contributed by atoms with Crippen LogP contribution in [0.25, 0.3) is 16.5 Å². The number of hydrazone groups is 1. The Labute approximate surface area is 213 Å². The van der Waals surface area contributed by atoms with E-state index in [1.807, 2.05) is 12.1 Å². The van der Waals surface area contributed by atoms with Crippen LogP contribution in [0.2, 0.25) is 5.02 Å². The number of carbonyl (C=O) groups excluding carboxylic acids is 1. The minimum Gasteiger partial charge on any atom is -0.493 e. The maximum Gasteiger partial charge on any atom is 0.307 e. The fourth-order valence-corrected chi connectivity index (χ4v) is 4.74. The zero-order chi connectivity index (χ0) is 26.2. The van der Waals surface area contributed by atoms with Crippen LogP contribution < -0.4 is 15.1 Å². The molecule has 1 aliphatic heterocycles. The largest absolute Gasteiger partial charge is 0.493 e. The lowest BCUT2D eigenvalue weighted by atomic mass is 9.88. The van der Waals surface area contributed by atoms with Crippen molar-refractivity contribution in [2.24, 2.45) is 5.10 Å². The molecule has 0 aliphatic carbocycles. The second-order valence-electron chi connectivity index (χ2n) is 9.16. The van der Waals surface area contributed by atoms with Gasteiger partial charge < -0.3 is 14.1 Å². The number of hydrogen-bond acceptors (Lipinski definition) is 7. The van der Waals surface area contributed by atoms with Gasteiger partial charge in [0.2, 0.25) is 0 Å². The van der Waals surface area contributed by atoms with Crippen LogP contribution in [0.5, 0.6) is 5.75 Å². The first-order valence-electron chi connectivity index (χ1n) is 11.5. The second-order valence-corrected chi connectivity index (χ2v) is 9.56. The van der Waals surface area contributed by atoms with Gasteiger partial charge in [0.25, 0.3) is 5.69 Å². The Hall–Kier alpha value is -3.85. The van der Waals surface area contributed by atoms with E-state index >= 15 is 0 Å². The predicted molar refractivity (Wildman–Crippen MR) is 141 cm³/mol. The van der Waals surface area contributed by atoms with Crippen molar-refractivity contribution in [2.45, 2.75) is 39.7 Å². The van der Waals surface area contributed by atoms with E-state index in [4.69, 9.17) is 20.8 Å². The van der Waals surface area contributed by atoms with Gasteiger partial charge in [-0.25, -0.2) is 5.43 Å². The number of nitrogens with one attached hydrogen (secondary N) is 1. The van der Waals surface area contributed by atoms with E-state index in [1.165, 1.54) is 31.5 Å². The normalized spacial score (nSPS) is 14.6. The maximum atomic E-state index is 12.6. The molecule has 3 aromatic rings. The number of methoxy groups -OCH3 is 1. The van der Waals surface area contributed by atoms with E-state index in [2.05, 4.69) is 49.2 Å². The third-order valence-corrected chi connectivity index (χ3v) is 6.46. The summed E-state index contributed by atoms with van der Waals surface area (Å²) in [5.41, 5.74) is 6.28. The number of ether oxygens (including phenoxy) is 1. The molecular formula is C26H27ClN4O5. The molecule has 0 atom stereocenters. The average Bonchev–Trinajstić information content (AvgIpc) is 3.26. The number of benzene rings is 2. The van der Waals surface area contributed by atoms with Crippen LogP contribution in [0.4, 0.5) is 11.4 Å². The number of rotatable bonds is 7. The lowest BCUT2D eigenvalue weighted by Gasteiger charge is -2.43. The first-order valence-corrected chi connectivity index (χ1v) is 11.8. The summed E-state index contributed by atoms with van der Waals surface area (Å²) in [4.78, 5) is 25.6. The van der Waals surface area contributed by atoms with E-state index in [-0.39, 0.29) is 28.3 Å². The molecule has 2 heterocycles. The van der Waals surface area contributed by atoms with Gasteiger partial charge in [-0.15, -0.1) is 0 Å². The molecular weight excluding hydrogens is 484 g/mol. The highest BCUT2D eigenvalue weighted by molar-refractivity contribution is 6.33. The van der Waals surface area contributed by atoms with Gasteiger partial charge in [-0.05, 0) is 51.0 Å². The van der Waals surface area contributed by atoms with E-state index in [0.29, 0.717) is 16.0 Å². The molecule has 1 aromatic heterocycles. The van der Waals surface area contributed by atoms with Crippen molar-refractivity contribution >= 4 is 51.6 Å². The van der Waals surface area contributed by atoms with Gasteiger partial charge in [0.1, 0.15) is 0 Å². The molecule has 0 fully saturated rings. The summed E-state index contributed by atoms with van der Waals surface area (Å²) in [5, 5.41) is 16.1. The summed E-state index contributed by atoms with van der Waals surface area (Å²) in [6, 6.07) is 7.85. The number of hydrogen-bond donors (Lipinski definition) is 1. The van der Waals surface area contributed by atoms with Crippen molar-refractivity contribution in [3.8, 4) is 5.75 Å². The van der Waals surface area contributed by atoms with Crippen molar-refractivity contribution in [1.82, 2.24) is 5.43 Å². The highest BCUT2D eigenvalue weighted by Gasteiger charge is 2.31. The molecule has 1 aliphatic rings. The number of allylic oxidation sites excluding steroid dienone is 1. The van der Waals surface area contributed by atoms with Crippen molar-refractivity contribution in [2.75, 3.05) is 18.6 Å². The summed E-state index contributed by atoms with van der Waals surface area (Å²) in [5.74, 6) is -0.520. The molecule has 188 valence electrons. The Balaban J connectivity index is 1.58. The van der Waals surface area contributed by atoms with Gasteiger partial charge >= 0.3 is 5.91 Å². The Morgan fingerprint density at radius 3 is 2.72 bits per heavy atom. The molecule has 2 aromatic carbocycles. The van der Waals surface area contributed by atoms with Gasteiger partial charge in [-0.1, -0.05) is 24.6 Å². The standard InChI is InChI=1S/C26H27ClN4O5/c1-6-7-30-21-12-20(27)17(9-19(21)15(2)13-26(30,3)4)14-28-29-25(32)23-10-16-8-18(31(33)34)11-22(35-5)24(16)36-23/h8-14H,6-7H2,1-5H3,(H,29,32)/b28-14-. The topological polar surface area (TPSA) is 110 Å². The van der Waals surface area contributed by atoms with E-state index < -0.39 is 10.8 Å². The van der Waals surface area contributed by atoms with Crippen LogP contribution in [0.15, 0.2) is 45.9 Å². The smallest absolute Gasteiger partial charge is 0.307 e. The highest BCUT2D eigenvalue weighted by atomic mass is 35.5. The zero-order valence-electron chi connectivity index (χ0n) is 20.7. The Morgan fingerprint density at radius 2 is 2.06 bits per heavy atom. The summed E-state index contributed by atoms with van der Waals surface area (Å²) in [7, 11) is 1.37. The zero-order valence-corrected chi connectivity index (χ0v) is 21.5. The van der Waals surface area contributed by atoms with Gasteiger partial charge in [0.05, 0.1) is 34.9 Å². The van der Waals surface area contributed by atoms with Crippen LogP contribution in [-0.4, -0.2) is 36.2 Å². The van der Waals surface area contributed by atoms with E-state index in [0.717, 1.165) is 29.8 Å². The third-order valence-electron chi connectivity index (χ3n) is 6.13. The van der Waals surface area contributed by atoms with Crippen LogP contribution >= 0.6 is 11.6 Å². The summed E-state index contributed by atoms with van der Waals surface area (Å²) < 4.78 is 10.8. The van der Waals surface area contributed by atoms with E-state index in [9.17, 15) is 14.9 Å². The lowest BCUT2D eigenvalue weighted by Crippen LogP contribution is -2.45. The molecule has 36 heavy (non-hydrogen) atoms. The van der Waals surface area contributed by atoms with E-state index in [1.54, 1.807) is 0 Å². The van der Waals surface area contributed by atoms with Crippen LogP contribution in [0.3, 0.4) is 0 Å². The van der Waals surface area contributed by atoms with Crippen LogP contribution in [0.1, 0.15) is 55.8 Å². The first kappa shape index (κ1) is 25.2. The average molecular weight is 511 g/mol. The number of carbonyl (C=O) groups is 1. The number of amides is 1. The molecule has 0 radical (unpaired) electrons. The first-order chi connectivity index (χ1) is 17.1.